The first kappa shape index (κ1) is 29.5. The van der Waals surface area contributed by atoms with Crippen LogP contribution in [-0.4, -0.2) is 104 Å². The van der Waals surface area contributed by atoms with Crippen LogP contribution in [0.1, 0.15) is 25.7 Å². The number of carbonyl (C=O) groups excluding carboxylic acids is 1. The first-order chi connectivity index (χ1) is 14.8. The van der Waals surface area contributed by atoms with Crippen LogP contribution in [0.15, 0.2) is 0 Å². The summed E-state index contributed by atoms with van der Waals surface area (Å²) in [5.41, 5.74) is 5.30. The number of amides is 1. The van der Waals surface area contributed by atoms with E-state index in [9.17, 15) is 4.79 Å². The Morgan fingerprint density at radius 2 is 1.13 bits per heavy atom. The van der Waals surface area contributed by atoms with Gasteiger partial charge in [-0.2, -0.15) is 0 Å². The van der Waals surface area contributed by atoms with Crippen molar-refractivity contribution >= 4 is 17.5 Å². The second-order valence-corrected chi connectivity index (χ2v) is 6.73. The van der Waals surface area contributed by atoms with E-state index in [0.29, 0.717) is 79.2 Å². The molecule has 0 aliphatic heterocycles. The van der Waals surface area contributed by atoms with Crippen molar-refractivity contribution in [1.82, 2.24) is 5.32 Å². The maximum absolute atomic E-state index is 11.6. The molecular formula is C20H41ClN2O7. The van der Waals surface area contributed by atoms with E-state index >= 15 is 0 Å². The van der Waals surface area contributed by atoms with Crippen molar-refractivity contribution in [3.8, 4) is 0 Å². The van der Waals surface area contributed by atoms with Gasteiger partial charge < -0.3 is 39.5 Å². The molecule has 9 nitrogen and oxygen atoms in total. The number of hydrogen-bond donors (Lipinski definition) is 2. The summed E-state index contributed by atoms with van der Waals surface area (Å²) in [6.07, 6.45) is 4.42. The summed E-state index contributed by atoms with van der Waals surface area (Å²) in [6, 6.07) is 0. The number of unbranched alkanes of at least 4 members (excludes halogenated alkanes) is 3. The lowest BCUT2D eigenvalue weighted by Crippen LogP contribution is -2.31. The van der Waals surface area contributed by atoms with Crippen LogP contribution in [0.2, 0.25) is 0 Å². The molecule has 0 aromatic rings. The van der Waals surface area contributed by atoms with Crippen molar-refractivity contribution in [2.75, 3.05) is 98.3 Å². The third-order valence-electron chi connectivity index (χ3n) is 3.72. The van der Waals surface area contributed by atoms with E-state index in [-0.39, 0.29) is 12.5 Å². The van der Waals surface area contributed by atoms with E-state index < -0.39 is 0 Å². The molecule has 1 amide bonds. The summed E-state index contributed by atoms with van der Waals surface area (Å²) in [5.74, 6) is 0.558. The van der Waals surface area contributed by atoms with Gasteiger partial charge in [-0.1, -0.05) is 12.8 Å². The van der Waals surface area contributed by atoms with Crippen LogP contribution < -0.4 is 11.1 Å². The maximum atomic E-state index is 11.6. The first-order valence-electron chi connectivity index (χ1n) is 10.8. The zero-order valence-corrected chi connectivity index (χ0v) is 19.0. The summed E-state index contributed by atoms with van der Waals surface area (Å²) < 4.78 is 32.0. The number of nitrogens with one attached hydrogen (secondary N) is 1. The lowest BCUT2D eigenvalue weighted by Gasteiger charge is -2.08. The number of hydrogen-bond acceptors (Lipinski definition) is 8. The van der Waals surface area contributed by atoms with Crippen LogP contribution >= 0.6 is 11.6 Å². The van der Waals surface area contributed by atoms with E-state index in [0.717, 1.165) is 38.2 Å². The third-order valence-corrected chi connectivity index (χ3v) is 3.99. The largest absolute Gasteiger partial charge is 0.379 e. The van der Waals surface area contributed by atoms with Gasteiger partial charge in [0, 0.05) is 25.6 Å². The number of halogens is 1. The molecule has 0 saturated carbocycles. The molecule has 0 aromatic carbocycles. The highest BCUT2D eigenvalue weighted by molar-refractivity contribution is 6.17. The minimum atomic E-state index is -0.174. The summed E-state index contributed by atoms with van der Waals surface area (Å²) in [6.45, 7) is 6.59. The number of rotatable bonds is 25. The predicted molar refractivity (Wildman–Crippen MR) is 116 cm³/mol. The van der Waals surface area contributed by atoms with Gasteiger partial charge in [-0.25, -0.2) is 0 Å². The molecule has 0 saturated heterocycles. The number of alkyl halides is 1. The van der Waals surface area contributed by atoms with Crippen molar-refractivity contribution in [2.45, 2.75) is 25.7 Å². The normalized spacial score (nSPS) is 11.1. The Kier molecular flexibility index (Phi) is 26.1. The van der Waals surface area contributed by atoms with Gasteiger partial charge in [0.25, 0.3) is 0 Å². The molecule has 0 rings (SSSR count). The monoisotopic (exact) mass is 456 g/mol. The molecule has 0 heterocycles. The highest BCUT2D eigenvalue weighted by atomic mass is 35.5. The van der Waals surface area contributed by atoms with E-state index in [4.69, 9.17) is 45.8 Å². The first-order valence-corrected chi connectivity index (χ1v) is 11.3. The quantitative estimate of drug-likeness (QED) is 0.154. The van der Waals surface area contributed by atoms with Crippen LogP contribution in [0.5, 0.6) is 0 Å². The van der Waals surface area contributed by atoms with Gasteiger partial charge in [-0.15, -0.1) is 11.6 Å². The molecule has 30 heavy (non-hydrogen) atoms. The SMILES string of the molecule is NCCOCCOCCOCCOCC(=O)NCCOCCOCCCCCCCl. The van der Waals surface area contributed by atoms with E-state index in [1.807, 2.05) is 0 Å². The topological polar surface area (TPSA) is 111 Å². The van der Waals surface area contributed by atoms with Gasteiger partial charge >= 0.3 is 0 Å². The van der Waals surface area contributed by atoms with Gasteiger partial charge in [-0.05, 0) is 12.8 Å². The molecule has 0 spiro atoms. The molecular weight excluding hydrogens is 416 g/mol. The van der Waals surface area contributed by atoms with Crippen molar-refractivity contribution < 1.29 is 33.2 Å². The minimum absolute atomic E-state index is 0.00513. The molecule has 0 fully saturated rings. The lowest BCUT2D eigenvalue weighted by molar-refractivity contribution is -0.126. The fourth-order valence-corrected chi connectivity index (χ4v) is 2.38. The number of nitrogens with two attached hydrogens (primary N) is 1. The standard InChI is InChI=1S/C20H41ClN2O7/c21-5-3-1-2-4-8-25-11-13-27-10-7-23-20(24)19-30-18-17-29-16-15-28-14-12-26-9-6-22/h1-19,22H2,(H,23,24). The molecule has 0 radical (unpaired) electrons. The Bertz CT molecular complexity index is 325. The molecule has 0 atom stereocenters. The highest BCUT2D eigenvalue weighted by Gasteiger charge is 2.01. The van der Waals surface area contributed by atoms with Crippen LogP contribution in [0, 0.1) is 0 Å². The second kappa shape index (κ2) is 26.5. The number of carbonyl (C=O) groups is 1. The van der Waals surface area contributed by atoms with Gasteiger partial charge in [-0.3, -0.25) is 4.79 Å². The molecule has 10 heteroatoms. The zero-order valence-electron chi connectivity index (χ0n) is 18.2. The van der Waals surface area contributed by atoms with Gasteiger partial charge in [0.2, 0.25) is 5.91 Å². The fourth-order valence-electron chi connectivity index (χ4n) is 2.20. The maximum Gasteiger partial charge on any atom is 0.246 e. The summed E-state index contributed by atoms with van der Waals surface area (Å²) in [4.78, 5) is 11.6. The molecule has 0 unspecified atom stereocenters. The van der Waals surface area contributed by atoms with Crippen LogP contribution in [0.4, 0.5) is 0 Å². The Hall–Kier alpha value is -0.520. The molecule has 0 aliphatic rings. The lowest BCUT2D eigenvalue weighted by atomic mass is 10.2. The third kappa shape index (κ3) is 25.5. The van der Waals surface area contributed by atoms with E-state index in [1.165, 1.54) is 0 Å². The number of ether oxygens (including phenoxy) is 6. The van der Waals surface area contributed by atoms with Crippen LogP contribution in [-0.2, 0) is 33.2 Å². The highest BCUT2D eigenvalue weighted by Crippen LogP contribution is 2.00. The Morgan fingerprint density at radius 3 is 1.73 bits per heavy atom. The molecule has 0 aromatic heterocycles. The summed E-state index contributed by atoms with van der Waals surface area (Å²) in [7, 11) is 0. The van der Waals surface area contributed by atoms with Gasteiger partial charge in [0.05, 0.1) is 66.1 Å². The molecule has 0 aliphatic carbocycles. The Labute approximate surface area is 186 Å². The van der Waals surface area contributed by atoms with Gasteiger partial charge in [0.1, 0.15) is 6.61 Å². The van der Waals surface area contributed by atoms with Crippen molar-refractivity contribution in [3.05, 3.63) is 0 Å². The zero-order chi connectivity index (χ0) is 22.0. The van der Waals surface area contributed by atoms with Crippen molar-refractivity contribution in [3.63, 3.8) is 0 Å². The van der Waals surface area contributed by atoms with Crippen molar-refractivity contribution in [1.29, 1.82) is 0 Å². The van der Waals surface area contributed by atoms with E-state index in [1.54, 1.807) is 0 Å². The molecule has 3 N–H and O–H groups in total. The average Bonchev–Trinajstić information content (AvgIpc) is 2.75. The average molecular weight is 457 g/mol. The van der Waals surface area contributed by atoms with Crippen molar-refractivity contribution in [2.24, 2.45) is 5.73 Å². The fraction of sp³-hybridized carbons (Fsp3) is 0.950. The van der Waals surface area contributed by atoms with Gasteiger partial charge in [0.15, 0.2) is 0 Å². The summed E-state index contributed by atoms with van der Waals surface area (Å²) in [5, 5.41) is 2.73. The molecule has 180 valence electrons. The van der Waals surface area contributed by atoms with E-state index in [2.05, 4.69) is 5.32 Å². The smallest absolute Gasteiger partial charge is 0.246 e. The molecule has 0 bridgehead atoms. The predicted octanol–water partition coefficient (Wildman–Crippen LogP) is 0.960. The Morgan fingerprint density at radius 1 is 0.633 bits per heavy atom. The Balaban J connectivity index is 3.14. The van der Waals surface area contributed by atoms with Crippen LogP contribution in [0.3, 0.4) is 0 Å². The second-order valence-electron chi connectivity index (χ2n) is 6.36. The van der Waals surface area contributed by atoms with Crippen LogP contribution in [0.25, 0.3) is 0 Å². The minimum Gasteiger partial charge on any atom is -0.379 e. The summed E-state index contributed by atoms with van der Waals surface area (Å²) >= 11 is 5.62.